The number of carbonyl (C=O) groups excluding carboxylic acids is 3. The van der Waals surface area contributed by atoms with Crippen LogP contribution in [0.2, 0.25) is 5.02 Å². The van der Waals surface area contributed by atoms with Gasteiger partial charge in [0.15, 0.2) is 0 Å². The maximum atomic E-state index is 13.5. The first-order chi connectivity index (χ1) is 22.4. The molecule has 0 radical (unpaired) electrons. The Morgan fingerprint density at radius 3 is 2.35 bits per heavy atom. The molecule has 1 aliphatic rings. The molecular weight excluding hydrogens is 669 g/mol. The summed E-state index contributed by atoms with van der Waals surface area (Å²) in [6, 6.07) is 13.2. The molecule has 3 aromatic rings. The Morgan fingerprint density at radius 2 is 1.69 bits per heavy atom. The van der Waals surface area contributed by atoms with Crippen LogP contribution in [0.1, 0.15) is 86.7 Å². The van der Waals surface area contributed by atoms with Gasteiger partial charge in [0.05, 0.1) is 17.9 Å². The Hall–Kier alpha value is -2.74. The number of ether oxygens (including phenoxy) is 1. The molecule has 1 saturated carbocycles. The summed E-state index contributed by atoms with van der Waals surface area (Å²) in [5.41, 5.74) is 2.40. The third-order valence-electron chi connectivity index (χ3n) is 8.15. The molecule has 1 aliphatic carbocycles. The number of fused-ring (bicyclic) bond motifs is 1. The molecule has 2 aromatic carbocycles. The number of amides is 2. The summed E-state index contributed by atoms with van der Waals surface area (Å²) in [5, 5.41) is 3.96. The first-order valence-corrected chi connectivity index (χ1v) is 17.9. The molecule has 0 bridgehead atoms. The van der Waals surface area contributed by atoms with Crippen molar-refractivity contribution in [2.24, 2.45) is 0 Å². The molecule has 0 spiro atoms. The molecule has 11 nitrogen and oxygen atoms in total. The first kappa shape index (κ1) is 39.7. The van der Waals surface area contributed by atoms with Crippen LogP contribution in [0.5, 0.6) is 0 Å². The zero-order chi connectivity index (χ0) is 34.0. The van der Waals surface area contributed by atoms with Gasteiger partial charge in [-0.25, -0.2) is 0 Å². The van der Waals surface area contributed by atoms with Gasteiger partial charge in [-0.1, -0.05) is 42.6 Å². The number of pyridine rings is 1. The van der Waals surface area contributed by atoms with Gasteiger partial charge in [0.25, 0.3) is 16.0 Å². The van der Waals surface area contributed by atoms with E-state index in [0.29, 0.717) is 36.1 Å². The van der Waals surface area contributed by atoms with Crippen molar-refractivity contribution >= 4 is 50.4 Å². The normalized spacial score (nSPS) is 12.7. The van der Waals surface area contributed by atoms with Crippen molar-refractivity contribution in [1.82, 2.24) is 14.8 Å². The van der Waals surface area contributed by atoms with Gasteiger partial charge >= 0.3 is 35.5 Å². The van der Waals surface area contributed by atoms with Crippen molar-refractivity contribution in [3.8, 4) is 0 Å². The molecule has 14 heteroatoms. The Bertz CT molecular complexity index is 1750. The number of aromatic nitrogens is 1. The van der Waals surface area contributed by atoms with Crippen LogP contribution in [0.25, 0.3) is 10.9 Å². The summed E-state index contributed by atoms with van der Waals surface area (Å²) in [7, 11) is -2.61. The van der Waals surface area contributed by atoms with Crippen molar-refractivity contribution < 1.29 is 63.1 Å². The zero-order valence-electron chi connectivity index (χ0n) is 28.6. The van der Waals surface area contributed by atoms with E-state index in [0.717, 1.165) is 42.3 Å². The van der Waals surface area contributed by atoms with Gasteiger partial charge < -0.3 is 20.9 Å². The molecule has 48 heavy (non-hydrogen) atoms. The molecule has 1 fully saturated rings. The summed E-state index contributed by atoms with van der Waals surface area (Å²) < 4.78 is 37.9. The van der Waals surface area contributed by atoms with Crippen molar-refractivity contribution in [2.45, 2.75) is 76.8 Å². The maximum absolute atomic E-state index is 13.5. The quantitative estimate of drug-likeness (QED) is 0.0883. The minimum absolute atomic E-state index is 0. The third-order valence-corrected chi connectivity index (χ3v) is 9.10. The van der Waals surface area contributed by atoms with E-state index in [-0.39, 0.29) is 92.4 Å². The van der Waals surface area contributed by atoms with Gasteiger partial charge in [-0.15, -0.1) is 0 Å². The number of carbonyl (C=O) groups is 3. The first-order valence-electron chi connectivity index (χ1n) is 16.0. The molecule has 0 unspecified atom stereocenters. The van der Waals surface area contributed by atoms with Crippen LogP contribution in [0.3, 0.4) is 0 Å². The fourth-order valence-electron chi connectivity index (χ4n) is 5.26. The average molecular weight is 712 g/mol. The number of nitrogens with zero attached hydrogens (tertiary/aromatic N) is 2. The van der Waals surface area contributed by atoms with Crippen LogP contribution >= 0.6 is 11.6 Å². The van der Waals surface area contributed by atoms with E-state index in [1.165, 1.54) is 11.9 Å². The maximum Gasteiger partial charge on any atom is 1.00 e. The molecule has 2 amide bonds. The van der Waals surface area contributed by atoms with Crippen molar-refractivity contribution in [1.29, 1.82) is 0 Å². The molecule has 0 aliphatic heterocycles. The molecule has 0 atom stereocenters. The van der Waals surface area contributed by atoms with Gasteiger partial charge in [0.1, 0.15) is 5.56 Å². The topological polar surface area (TPSA) is 152 Å². The summed E-state index contributed by atoms with van der Waals surface area (Å²) in [4.78, 5) is 52.1. The van der Waals surface area contributed by atoms with E-state index in [1.807, 2.05) is 34.9 Å². The predicted octanol–water partition coefficient (Wildman–Crippen LogP) is 2.20. The molecular formula is C34H43ClN3NaO8S. The van der Waals surface area contributed by atoms with Crippen molar-refractivity contribution in [2.75, 3.05) is 26.0 Å². The molecule has 1 heterocycles. The van der Waals surface area contributed by atoms with Crippen molar-refractivity contribution in [3.63, 3.8) is 0 Å². The van der Waals surface area contributed by atoms with E-state index in [4.69, 9.17) is 20.9 Å². The van der Waals surface area contributed by atoms with Crippen LogP contribution < -0.4 is 40.3 Å². The fourth-order valence-corrected chi connectivity index (χ4v) is 5.89. The monoisotopic (exact) mass is 711 g/mol. The van der Waals surface area contributed by atoms with E-state index in [1.54, 1.807) is 18.3 Å². The van der Waals surface area contributed by atoms with Crippen LogP contribution in [0.4, 0.5) is 0 Å². The smallest absolute Gasteiger partial charge is 1.00 e. The Kier molecular flexibility index (Phi) is 15.6. The fraction of sp³-hybridized carbons (Fsp3) is 0.471. The van der Waals surface area contributed by atoms with Gasteiger partial charge in [-0.3, -0.25) is 23.7 Å². The van der Waals surface area contributed by atoms with Gasteiger partial charge in [-0.2, -0.15) is 8.42 Å². The summed E-state index contributed by atoms with van der Waals surface area (Å²) in [5.74, 6) is -1.39. The summed E-state index contributed by atoms with van der Waals surface area (Å²) in [6.45, 7) is 0.468. The predicted molar refractivity (Wildman–Crippen MR) is 181 cm³/mol. The van der Waals surface area contributed by atoms with Crippen molar-refractivity contribution in [3.05, 3.63) is 80.6 Å². The number of benzene rings is 2. The number of unbranched alkanes of at least 4 members (excludes halogenated alkanes) is 3. The summed E-state index contributed by atoms with van der Waals surface area (Å²) in [6.07, 6.45) is 8.18. The number of rotatable bonds is 18. The van der Waals surface area contributed by atoms with Crippen LogP contribution in [0.15, 0.2) is 53.5 Å². The Morgan fingerprint density at radius 1 is 1.02 bits per heavy atom. The zero-order valence-corrected chi connectivity index (χ0v) is 31.2. The minimum Gasteiger partial charge on any atom is -1.00 e. The molecule has 256 valence electrons. The number of hydrogen-bond acceptors (Lipinski definition) is 7. The molecule has 4 rings (SSSR count). The Balaban J connectivity index is 0.00000417. The SMILES string of the molecule is CN(CCS(=O)(=O)O)C(=O)CCCCCCC(=O)OCCCc1ccc2c(c1)c(=O)c(C(=O)NCc1ccc(Cl)cc1)cn2C1CC1.[H-].[Na+]. The second-order valence-electron chi connectivity index (χ2n) is 12.0. The second-order valence-corrected chi connectivity index (χ2v) is 14.0. The molecule has 1 aromatic heterocycles. The third kappa shape index (κ3) is 12.6. The van der Waals surface area contributed by atoms with E-state index in [9.17, 15) is 27.6 Å². The Labute approximate surface area is 309 Å². The largest absolute Gasteiger partial charge is 1.00 e. The van der Waals surface area contributed by atoms with Crippen LogP contribution in [-0.4, -0.2) is 66.2 Å². The standard InChI is InChI=1S/C34H42ClN3O8S.Na.H/c1-37(18-20-47(43,44)45)31(39)8-4-2-3-5-9-32(40)46-19-6-7-24-12-17-30-28(21-24)33(41)29(23-38(30)27-15-16-27)34(42)36-22-25-10-13-26(35)14-11-25;;/h10-14,17,21,23,27H,2-9,15-16,18-20,22H2,1H3,(H,36,42)(H,43,44,45);;/q;+1;-1. The molecule has 2 N–H and O–H groups in total. The number of hydrogen-bond donors (Lipinski definition) is 2. The molecule has 0 saturated heterocycles. The van der Waals surface area contributed by atoms with Gasteiger partial charge in [-0.05, 0) is 73.9 Å². The van der Waals surface area contributed by atoms with E-state index >= 15 is 0 Å². The van der Waals surface area contributed by atoms with Gasteiger partial charge in [0, 0.05) is 55.6 Å². The minimum atomic E-state index is -4.11. The van der Waals surface area contributed by atoms with Crippen LogP contribution in [0, 0.1) is 0 Å². The van der Waals surface area contributed by atoms with Crippen LogP contribution in [-0.2, 0) is 37.4 Å². The average Bonchev–Trinajstić information content (AvgIpc) is 3.88. The van der Waals surface area contributed by atoms with E-state index in [2.05, 4.69) is 5.32 Å². The number of halogens is 1. The number of nitrogens with one attached hydrogen (secondary N) is 1. The number of esters is 1. The summed E-state index contributed by atoms with van der Waals surface area (Å²) >= 11 is 5.95. The second kappa shape index (κ2) is 18.9. The number of aryl methyl sites for hydroxylation is 1. The van der Waals surface area contributed by atoms with E-state index < -0.39 is 21.8 Å². The van der Waals surface area contributed by atoms with Gasteiger partial charge in [0.2, 0.25) is 11.3 Å².